The van der Waals surface area contributed by atoms with Crippen LogP contribution in [-0.2, 0) is 14.8 Å². The first-order valence-electron chi connectivity index (χ1n) is 7.45. The predicted octanol–water partition coefficient (Wildman–Crippen LogP) is 2.49. The zero-order valence-electron chi connectivity index (χ0n) is 13.8. The summed E-state index contributed by atoms with van der Waals surface area (Å²) in [5.74, 6) is -0.846. The lowest BCUT2D eigenvalue weighted by Crippen LogP contribution is -2.13. The van der Waals surface area contributed by atoms with E-state index in [4.69, 9.17) is 4.74 Å². The van der Waals surface area contributed by atoms with Crippen LogP contribution in [0.4, 0.5) is 11.4 Å². The van der Waals surface area contributed by atoms with Gasteiger partial charge in [0.25, 0.3) is 5.91 Å². The second-order valence-electron chi connectivity index (χ2n) is 5.21. The molecule has 25 heavy (non-hydrogen) atoms. The summed E-state index contributed by atoms with van der Waals surface area (Å²) < 4.78 is 29.6. The number of rotatable bonds is 6. The van der Waals surface area contributed by atoms with E-state index in [2.05, 4.69) is 10.0 Å². The summed E-state index contributed by atoms with van der Waals surface area (Å²) in [4.78, 5) is 24.0. The summed E-state index contributed by atoms with van der Waals surface area (Å²) in [7, 11) is -3.37. The van der Waals surface area contributed by atoms with E-state index in [0.717, 1.165) is 6.26 Å². The fourth-order valence-electron chi connectivity index (χ4n) is 2.05. The maximum atomic E-state index is 12.3. The van der Waals surface area contributed by atoms with Crippen molar-refractivity contribution in [3.8, 4) is 0 Å². The van der Waals surface area contributed by atoms with Crippen LogP contribution in [0.15, 0.2) is 48.5 Å². The Hall–Kier alpha value is -2.87. The standard InChI is InChI=1S/C17H18N2O5S/c1-3-24-17(21)13-5-4-6-15(11-13)18-16(20)12-7-9-14(10-8-12)19-25(2,22)23/h4-11,19H,3H2,1-2H3,(H,18,20). The molecule has 2 rings (SSSR count). The van der Waals surface area contributed by atoms with Gasteiger partial charge in [0.15, 0.2) is 0 Å². The Labute approximate surface area is 146 Å². The third-order valence-electron chi connectivity index (χ3n) is 3.08. The molecule has 2 N–H and O–H groups in total. The summed E-state index contributed by atoms with van der Waals surface area (Å²) in [5, 5.41) is 2.68. The molecular weight excluding hydrogens is 344 g/mol. The van der Waals surface area contributed by atoms with Gasteiger partial charge in [0.1, 0.15) is 0 Å². The summed E-state index contributed by atoms with van der Waals surface area (Å²) in [5.41, 5.74) is 1.50. The number of esters is 1. The van der Waals surface area contributed by atoms with Gasteiger partial charge in [0.2, 0.25) is 10.0 Å². The molecule has 0 radical (unpaired) electrons. The summed E-state index contributed by atoms with van der Waals surface area (Å²) in [6.45, 7) is 1.98. The molecule has 0 atom stereocenters. The first kappa shape index (κ1) is 18.5. The van der Waals surface area contributed by atoms with Gasteiger partial charge in [-0.05, 0) is 49.4 Å². The molecule has 2 aromatic rings. The molecule has 0 saturated heterocycles. The molecule has 0 fully saturated rings. The first-order chi connectivity index (χ1) is 11.8. The third-order valence-corrected chi connectivity index (χ3v) is 3.69. The zero-order valence-corrected chi connectivity index (χ0v) is 14.6. The largest absolute Gasteiger partial charge is 0.462 e. The van der Waals surface area contributed by atoms with Crippen molar-refractivity contribution < 1.29 is 22.7 Å². The van der Waals surface area contributed by atoms with Crippen LogP contribution in [0.1, 0.15) is 27.6 Å². The number of anilines is 2. The van der Waals surface area contributed by atoms with Crippen molar-refractivity contribution >= 4 is 33.3 Å². The number of carbonyl (C=O) groups is 2. The number of nitrogens with one attached hydrogen (secondary N) is 2. The fraction of sp³-hybridized carbons (Fsp3) is 0.176. The van der Waals surface area contributed by atoms with Gasteiger partial charge in [-0.3, -0.25) is 9.52 Å². The first-order valence-corrected chi connectivity index (χ1v) is 9.34. The number of amides is 1. The molecule has 0 spiro atoms. The van der Waals surface area contributed by atoms with Crippen LogP contribution in [0.3, 0.4) is 0 Å². The van der Waals surface area contributed by atoms with E-state index in [1.54, 1.807) is 25.1 Å². The van der Waals surface area contributed by atoms with E-state index in [9.17, 15) is 18.0 Å². The number of sulfonamides is 1. The van der Waals surface area contributed by atoms with Gasteiger partial charge in [-0.15, -0.1) is 0 Å². The highest BCUT2D eigenvalue weighted by atomic mass is 32.2. The molecule has 2 aromatic carbocycles. The summed E-state index contributed by atoms with van der Waals surface area (Å²) >= 11 is 0. The normalized spacial score (nSPS) is 10.8. The summed E-state index contributed by atoms with van der Waals surface area (Å²) in [6, 6.07) is 12.4. The van der Waals surface area contributed by atoms with Crippen molar-refractivity contribution in [2.45, 2.75) is 6.92 Å². The van der Waals surface area contributed by atoms with Crippen molar-refractivity contribution in [1.29, 1.82) is 0 Å². The Morgan fingerprint density at radius 1 is 1.00 bits per heavy atom. The van der Waals surface area contributed by atoms with E-state index in [-0.39, 0.29) is 12.5 Å². The van der Waals surface area contributed by atoms with Gasteiger partial charge >= 0.3 is 5.97 Å². The van der Waals surface area contributed by atoms with Crippen LogP contribution in [0.2, 0.25) is 0 Å². The van der Waals surface area contributed by atoms with E-state index in [1.807, 2.05) is 0 Å². The highest BCUT2D eigenvalue weighted by molar-refractivity contribution is 7.92. The second-order valence-corrected chi connectivity index (χ2v) is 6.96. The molecular formula is C17H18N2O5S. The quantitative estimate of drug-likeness (QED) is 0.769. The van der Waals surface area contributed by atoms with Crippen LogP contribution in [0, 0.1) is 0 Å². The van der Waals surface area contributed by atoms with E-state index in [1.165, 1.54) is 30.3 Å². The molecule has 0 unspecified atom stereocenters. The van der Waals surface area contributed by atoms with Crippen molar-refractivity contribution in [1.82, 2.24) is 0 Å². The van der Waals surface area contributed by atoms with Gasteiger partial charge < -0.3 is 10.1 Å². The Kier molecular flexibility index (Phi) is 5.76. The molecule has 7 nitrogen and oxygen atoms in total. The van der Waals surface area contributed by atoms with Gasteiger partial charge in [0, 0.05) is 16.9 Å². The number of hydrogen-bond donors (Lipinski definition) is 2. The van der Waals surface area contributed by atoms with Gasteiger partial charge in [0.05, 0.1) is 18.4 Å². The number of carbonyl (C=O) groups excluding carboxylic acids is 2. The third kappa shape index (κ3) is 5.61. The Morgan fingerprint density at radius 2 is 1.68 bits per heavy atom. The van der Waals surface area contributed by atoms with E-state index >= 15 is 0 Å². The van der Waals surface area contributed by atoms with Gasteiger partial charge in [-0.1, -0.05) is 6.07 Å². The van der Waals surface area contributed by atoms with Gasteiger partial charge in [-0.25, -0.2) is 13.2 Å². The van der Waals surface area contributed by atoms with Crippen molar-refractivity contribution in [3.63, 3.8) is 0 Å². The number of ether oxygens (including phenoxy) is 1. The van der Waals surface area contributed by atoms with E-state index < -0.39 is 16.0 Å². The predicted molar refractivity (Wildman–Crippen MR) is 95.3 cm³/mol. The molecule has 0 aliphatic carbocycles. The lowest BCUT2D eigenvalue weighted by atomic mass is 10.1. The molecule has 132 valence electrons. The SMILES string of the molecule is CCOC(=O)c1cccc(NC(=O)c2ccc(NS(C)(=O)=O)cc2)c1. The Morgan fingerprint density at radius 3 is 2.28 bits per heavy atom. The number of hydrogen-bond acceptors (Lipinski definition) is 5. The molecule has 0 aromatic heterocycles. The maximum Gasteiger partial charge on any atom is 0.338 e. The van der Waals surface area contributed by atoms with Gasteiger partial charge in [-0.2, -0.15) is 0 Å². The minimum absolute atomic E-state index is 0.267. The molecule has 0 aliphatic heterocycles. The van der Waals surface area contributed by atoms with E-state index in [0.29, 0.717) is 22.5 Å². The Bertz CT molecular complexity index is 876. The minimum atomic E-state index is -3.37. The lowest BCUT2D eigenvalue weighted by Gasteiger charge is -2.08. The molecule has 1 amide bonds. The van der Waals surface area contributed by atoms with Crippen LogP contribution in [0.5, 0.6) is 0 Å². The monoisotopic (exact) mass is 362 g/mol. The molecule has 0 saturated carbocycles. The van der Waals surface area contributed by atoms with Crippen molar-refractivity contribution in [2.24, 2.45) is 0 Å². The van der Waals surface area contributed by atoms with Crippen molar-refractivity contribution in [3.05, 3.63) is 59.7 Å². The molecule has 8 heteroatoms. The maximum absolute atomic E-state index is 12.3. The minimum Gasteiger partial charge on any atom is -0.462 e. The number of benzene rings is 2. The smallest absolute Gasteiger partial charge is 0.338 e. The second kappa shape index (κ2) is 7.80. The Balaban J connectivity index is 2.09. The lowest BCUT2D eigenvalue weighted by molar-refractivity contribution is 0.0526. The highest BCUT2D eigenvalue weighted by Gasteiger charge is 2.10. The average Bonchev–Trinajstić information content (AvgIpc) is 2.54. The topological polar surface area (TPSA) is 102 Å². The molecule has 0 heterocycles. The zero-order chi connectivity index (χ0) is 18.4. The molecule has 0 aliphatic rings. The molecule has 0 bridgehead atoms. The van der Waals surface area contributed by atoms with Crippen LogP contribution < -0.4 is 10.0 Å². The van der Waals surface area contributed by atoms with Crippen LogP contribution in [0.25, 0.3) is 0 Å². The highest BCUT2D eigenvalue weighted by Crippen LogP contribution is 2.15. The van der Waals surface area contributed by atoms with Crippen LogP contribution in [-0.4, -0.2) is 33.2 Å². The average molecular weight is 362 g/mol. The van der Waals surface area contributed by atoms with Crippen LogP contribution >= 0.6 is 0 Å². The summed E-state index contributed by atoms with van der Waals surface area (Å²) in [6.07, 6.45) is 1.05. The van der Waals surface area contributed by atoms with Crippen molar-refractivity contribution in [2.75, 3.05) is 22.9 Å². The fourth-order valence-corrected chi connectivity index (χ4v) is 2.61.